The monoisotopic (exact) mass is 213 g/mol. The summed E-state index contributed by atoms with van der Waals surface area (Å²) in [6.45, 7) is 0.978. The van der Waals surface area contributed by atoms with Gasteiger partial charge < -0.3 is 0 Å². The molecule has 78 valence electrons. The Balaban J connectivity index is 3.60. The Bertz CT molecular complexity index is 449. The highest BCUT2D eigenvalue weighted by molar-refractivity contribution is 5.96. The van der Waals surface area contributed by atoms with Gasteiger partial charge in [-0.3, -0.25) is 4.79 Å². The number of Topliss-reactive ketones (excluding diaryl/α,β-unsaturated/α-hetero) is 1. The second-order valence-electron chi connectivity index (χ2n) is 2.85. The number of alkyl halides is 2. The van der Waals surface area contributed by atoms with Gasteiger partial charge in [0.15, 0.2) is 5.78 Å². The molecule has 0 amide bonds. The summed E-state index contributed by atoms with van der Waals surface area (Å²) in [6, 6.07) is 3.27. The average Bonchev–Trinajstić information content (AvgIpc) is 2.16. The Kier molecular flexibility index (Phi) is 3.10. The molecule has 0 aromatic heterocycles. The van der Waals surface area contributed by atoms with Crippen LogP contribution < -0.4 is 0 Å². The molecular formula is C10H6F3NO. The Morgan fingerprint density at radius 3 is 2.47 bits per heavy atom. The van der Waals surface area contributed by atoms with Crippen molar-refractivity contribution in [2.75, 3.05) is 0 Å². The van der Waals surface area contributed by atoms with Crippen molar-refractivity contribution in [3.63, 3.8) is 0 Å². The molecule has 0 aliphatic heterocycles. The van der Waals surface area contributed by atoms with E-state index in [1.807, 2.05) is 0 Å². The Hall–Kier alpha value is -1.83. The van der Waals surface area contributed by atoms with Crippen LogP contribution in [0.2, 0.25) is 0 Å². The van der Waals surface area contributed by atoms with Crippen LogP contribution in [-0.4, -0.2) is 5.78 Å². The normalized spacial score (nSPS) is 10.1. The fourth-order valence-electron chi connectivity index (χ4n) is 1.27. The van der Waals surface area contributed by atoms with Crippen LogP contribution in [0.4, 0.5) is 13.2 Å². The first-order chi connectivity index (χ1) is 6.99. The summed E-state index contributed by atoms with van der Waals surface area (Å²) in [4.78, 5) is 11.0. The van der Waals surface area contributed by atoms with E-state index < -0.39 is 29.2 Å². The fraction of sp³-hybridized carbons (Fsp3) is 0.200. The number of carbonyl (C=O) groups excluding carboxylic acids is 1. The van der Waals surface area contributed by atoms with Crippen molar-refractivity contribution >= 4 is 5.78 Å². The van der Waals surface area contributed by atoms with Gasteiger partial charge in [0.25, 0.3) is 6.43 Å². The molecule has 0 spiro atoms. The first-order valence-electron chi connectivity index (χ1n) is 4.00. The van der Waals surface area contributed by atoms with E-state index in [1.54, 1.807) is 0 Å². The highest BCUT2D eigenvalue weighted by Crippen LogP contribution is 2.28. The SMILES string of the molecule is CC(=O)c1c(F)ccc(C#N)c1C(F)F. The molecule has 15 heavy (non-hydrogen) atoms. The zero-order chi connectivity index (χ0) is 11.6. The number of benzene rings is 1. The molecule has 1 rings (SSSR count). The minimum Gasteiger partial charge on any atom is -0.294 e. The van der Waals surface area contributed by atoms with Crippen molar-refractivity contribution in [3.05, 3.63) is 34.6 Å². The van der Waals surface area contributed by atoms with Gasteiger partial charge in [-0.05, 0) is 19.1 Å². The number of ketones is 1. The quantitative estimate of drug-likeness (QED) is 0.708. The average molecular weight is 213 g/mol. The molecule has 0 aliphatic rings. The van der Waals surface area contributed by atoms with Crippen LogP contribution >= 0.6 is 0 Å². The van der Waals surface area contributed by atoms with Crippen LogP contribution in [0.1, 0.15) is 34.8 Å². The van der Waals surface area contributed by atoms with Crippen LogP contribution in [0.15, 0.2) is 12.1 Å². The van der Waals surface area contributed by atoms with E-state index in [9.17, 15) is 18.0 Å². The second kappa shape index (κ2) is 4.13. The molecule has 0 heterocycles. The van der Waals surface area contributed by atoms with Crippen LogP contribution in [-0.2, 0) is 0 Å². The van der Waals surface area contributed by atoms with Gasteiger partial charge in [0, 0.05) is 5.56 Å². The van der Waals surface area contributed by atoms with Gasteiger partial charge in [-0.15, -0.1) is 0 Å². The lowest BCUT2D eigenvalue weighted by Gasteiger charge is -2.08. The van der Waals surface area contributed by atoms with E-state index in [1.165, 1.54) is 6.07 Å². The summed E-state index contributed by atoms with van der Waals surface area (Å²) >= 11 is 0. The zero-order valence-electron chi connectivity index (χ0n) is 7.72. The smallest absolute Gasteiger partial charge is 0.265 e. The van der Waals surface area contributed by atoms with Crippen molar-refractivity contribution in [1.82, 2.24) is 0 Å². The second-order valence-corrected chi connectivity index (χ2v) is 2.85. The number of nitriles is 1. The van der Waals surface area contributed by atoms with E-state index in [-0.39, 0.29) is 5.56 Å². The highest BCUT2D eigenvalue weighted by atomic mass is 19.3. The number of rotatable bonds is 2. The molecule has 5 heteroatoms. The molecule has 0 bridgehead atoms. The standard InChI is InChI=1S/C10H6F3NO/c1-5(15)8-7(11)3-2-6(4-14)9(8)10(12)13/h2-3,10H,1H3. The Labute approximate surface area is 83.9 Å². The highest BCUT2D eigenvalue weighted by Gasteiger charge is 2.23. The fourth-order valence-corrected chi connectivity index (χ4v) is 1.27. The first-order valence-corrected chi connectivity index (χ1v) is 4.00. The van der Waals surface area contributed by atoms with Gasteiger partial charge in [-0.2, -0.15) is 5.26 Å². The molecule has 1 aromatic carbocycles. The van der Waals surface area contributed by atoms with E-state index in [2.05, 4.69) is 0 Å². The molecule has 0 aliphatic carbocycles. The Morgan fingerprint density at radius 1 is 1.47 bits per heavy atom. The van der Waals surface area contributed by atoms with E-state index in [0.29, 0.717) is 0 Å². The van der Waals surface area contributed by atoms with Crippen LogP contribution in [0, 0.1) is 17.1 Å². The van der Waals surface area contributed by atoms with E-state index in [0.717, 1.165) is 19.1 Å². The third-order valence-electron chi connectivity index (χ3n) is 1.89. The molecule has 0 saturated heterocycles. The third-order valence-corrected chi connectivity index (χ3v) is 1.89. The van der Waals surface area contributed by atoms with Gasteiger partial charge >= 0.3 is 0 Å². The predicted octanol–water partition coefficient (Wildman–Crippen LogP) is 2.84. The number of halogens is 3. The summed E-state index contributed by atoms with van der Waals surface area (Å²) in [5.41, 5.74) is -1.91. The van der Waals surface area contributed by atoms with Gasteiger partial charge in [0.05, 0.1) is 17.2 Å². The summed E-state index contributed by atoms with van der Waals surface area (Å²) in [6.07, 6.45) is -3.05. The number of hydrogen-bond donors (Lipinski definition) is 0. The van der Waals surface area contributed by atoms with Crippen molar-refractivity contribution in [2.45, 2.75) is 13.3 Å². The molecular weight excluding hydrogens is 207 g/mol. The lowest BCUT2D eigenvalue weighted by molar-refractivity contribution is 0.0993. The molecule has 2 nitrogen and oxygen atoms in total. The summed E-state index contributed by atoms with van der Waals surface area (Å²) in [7, 11) is 0. The zero-order valence-corrected chi connectivity index (χ0v) is 7.72. The third kappa shape index (κ3) is 1.99. The van der Waals surface area contributed by atoms with Crippen LogP contribution in [0.25, 0.3) is 0 Å². The molecule has 0 N–H and O–H groups in total. The number of hydrogen-bond acceptors (Lipinski definition) is 2. The number of carbonyl (C=O) groups is 1. The maximum Gasteiger partial charge on any atom is 0.265 e. The van der Waals surface area contributed by atoms with Crippen molar-refractivity contribution in [1.29, 1.82) is 5.26 Å². The molecule has 0 atom stereocenters. The predicted molar refractivity (Wildman–Crippen MR) is 46.1 cm³/mol. The van der Waals surface area contributed by atoms with E-state index in [4.69, 9.17) is 5.26 Å². The van der Waals surface area contributed by atoms with Crippen molar-refractivity contribution in [2.24, 2.45) is 0 Å². The molecule has 1 aromatic rings. The van der Waals surface area contributed by atoms with Crippen molar-refractivity contribution < 1.29 is 18.0 Å². The summed E-state index contributed by atoms with van der Waals surface area (Å²) in [5.74, 6) is -1.85. The lowest BCUT2D eigenvalue weighted by Crippen LogP contribution is -2.06. The number of nitrogens with zero attached hydrogens (tertiary/aromatic N) is 1. The molecule has 0 radical (unpaired) electrons. The molecule has 0 fully saturated rings. The molecule has 0 unspecified atom stereocenters. The van der Waals surface area contributed by atoms with Crippen molar-refractivity contribution in [3.8, 4) is 6.07 Å². The maximum atomic E-state index is 13.1. The largest absolute Gasteiger partial charge is 0.294 e. The lowest BCUT2D eigenvalue weighted by atomic mass is 9.99. The van der Waals surface area contributed by atoms with E-state index >= 15 is 0 Å². The topological polar surface area (TPSA) is 40.9 Å². The Morgan fingerprint density at radius 2 is 2.07 bits per heavy atom. The van der Waals surface area contributed by atoms with Gasteiger partial charge in [0.1, 0.15) is 5.82 Å². The van der Waals surface area contributed by atoms with Crippen LogP contribution in [0.5, 0.6) is 0 Å². The minimum atomic E-state index is -3.05. The van der Waals surface area contributed by atoms with Gasteiger partial charge in [0.2, 0.25) is 0 Å². The minimum absolute atomic E-state index is 0.378. The van der Waals surface area contributed by atoms with Gasteiger partial charge in [-0.1, -0.05) is 0 Å². The van der Waals surface area contributed by atoms with Gasteiger partial charge in [-0.25, -0.2) is 13.2 Å². The summed E-state index contributed by atoms with van der Waals surface area (Å²) in [5, 5.41) is 8.55. The maximum absolute atomic E-state index is 13.1. The van der Waals surface area contributed by atoms with Crippen LogP contribution in [0.3, 0.4) is 0 Å². The molecule has 0 saturated carbocycles. The first kappa shape index (κ1) is 11.2. The summed E-state index contributed by atoms with van der Waals surface area (Å²) < 4.78 is 38.2.